The highest BCUT2D eigenvalue weighted by molar-refractivity contribution is 5.98. The molecule has 7 heteroatoms. The first kappa shape index (κ1) is 11.1. The lowest BCUT2D eigenvalue weighted by Crippen LogP contribution is -2.06. The van der Waals surface area contributed by atoms with E-state index in [-0.39, 0.29) is 11.3 Å². The summed E-state index contributed by atoms with van der Waals surface area (Å²) in [4.78, 5) is 25.7. The number of carbonyl (C=O) groups is 1. The quantitative estimate of drug-likeness (QED) is 0.444. The van der Waals surface area contributed by atoms with Crippen LogP contribution in [0.15, 0.2) is 18.5 Å². The second kappa shape index (κ2) is 3.85. The number of hydrogen-bond acceptors (Lipinski definition) is 5. The van der Waals surface area contributed by atoms with E-state index in [2.05, 4.69) is 9.72 Å². The van der Waals surface area contributed by atoms with Crippen LogP contribution in [0.2, 0.25) is 0 Å². The van der Waals surface area contributed by atoms with Crippen LogP contribution < -0.4 is 0 Å². The van der Waals surface area contributed by atoms with Crippen molar-refractivity contribution in [2.75, 3.05) is 7.11 Å². The highest BCUT2D eigenvalue weighted by Gasteiger charge is 2.23. The number of nitro groups is 1. The Bertz CT molecular complexity index is 617. The largest absolute Gasteiger partial charge is 0.465 e. The van der Waals surface area contributed by atoms with E-state index in [0.717, 1.165) is 0 Å². The number of aryl methyl sites for hydroxylation is 1. The zero-order valence-electron chi connectivity index (χ0n) is 9.21. The van der Waals surface area contributed by atoms with Crippen molar-refractivity contribution in [3.8, 4) is 0 Å². The first-order valence-electron chi connectivity index (χ1n) is 4.72. The van der Waals surface area contributed by atoms with Gasteiger partial charge in [0.2, 0.25) is 0 Å². The number of hydrogen-bond donors (Lipinski definition) is 0. The summed E-state index contributed by atoms with van der Waals surface area (Å²) in [5, 5.41) is 10.9. The van der Waals surface area contributed by atoms with E-state index in [0.29, 0.717) is 11.0 Å². The molecular formula is C10H9N3O4. The minimum atomic E-state index is -0.746. The molecule has 2 aromatic rings. The third-order valence-electron chi connectivity index (χ3n) is 2.44. The zero-order chi connectivity index (χ0) is 12.6. The van der Waals surface area contributed by atoms with Crippen LogP contribution in [0.25, 0.3) is 11.0 Å². The lowest BCUT2D eigenvalue weighted by Gasteiger charge is -2.01. The molecule has 7 nitrogen and oxygen atoms in total. The number of aromatic nitrogens is 2. The number of rotatable bonds is 2. The van der Waals surface area contributed by atoms with Gasteiger partial charge in [-0.05, 0) is 6.07 Å². The minimum absolute atomic E-state index is 0.0938. The van der Waals surface area contributed by atoms with E-state index in [9.17, 15) is 14.9 Å². The molecule has 17 heavy (non-hydrogen) atoms. The molecule has 0 radical (unpaired) electrons. The average molecular weight is 235 g/mol. The molecule has 0 atom stereocenters. The smallest absolute Gasteiger partial charge is 0.344 e. The fourth-order valence-electron chi connectivity index (χ4n) is 1.59. The Kier molecular flexibility index (Phi) is 2.51. The Morgan fingerprint density at radius 3 is 2.82 bits per heavy atom. The number of nitrogens with zero attached hydrogens (tertiary/aromatic N) is 3. The first-order chi connectivity index (χ1) is 8.04. The summed E-state index contributed by atoms with van der Waals surface area (Å²) in [6.45, 7) is 0. The van der Waals surface area contributed by atoms with Crippen molar-refractivity contribution < 1.29 is 14.5 Å². The van der Waals surface area contributed by atoms with Gasteiger partial charge in [0.05, 0.1) is 29.4 Å². The molecule has 0 bridgehead atoms. The number of carbonyl (C=O) groups excluding carboxylic acids is 1. The summed E-state index contributed by atoms with van der Waals surface area (Å²) in [5.41, 5.74) is 0.722. The van der Waals surface area contributed by atoms with Crippen LogP contribution in [-0.2, 0) is 11.8 Å². The molecule has 88 valence electrons. The number of imidazole rings is 1. The standard InChI is InChI=1S/C10H9N3O4/c1-12-5-11-7-3-6(10(14)17-2)8(13(15)16)4-9(7)12/h3-5H,1-2H3. The van der Waals surface area contributed by atoms with Crippen LogP contribution in [0, 0.1) is 10.1 Å². The molecule has 0 unspecified atom stereocenters. The minimum Gasteiger partial charge on any atom is -0.465 e. The summed E-state index contributed by atoms with van der Waals surface area (Å²) < 4.78 is 6.15. The van der Waals surface area contributed by atoms with Crippen molar-refractivity contribution in [2.45, 2.75) is 0 Å². The molecular weight excluding hydrogens is 226 g/mol. The number of nitro benzene ring substituents is 1. The molecule has 0 amide bonds. The van der Waals surface area contributed by atoms with E-state index >= 15 is 0 Å². The van der Waals surface area contributed by atoms with Gasteiger partial charge in [0, 0.05) is 13.1 Å². The summed E-state index contributed by atoms with van der Waals surface area (Å²) in [6, 6.07) is 2.67. The van der Waals surface area contributed by atoms with Crippen molar-refractivity contribution in [3.05, 3.63) is 34.1 Å². The number of methoxy groups -OCH3 is 1. The molecule has 1 aromatic heterocycles. The number of benzene rings is 1. The van der Waals surface area contributed by atoms with Crippen LogP contribution in [0.3, 0.4) is 0 Å². The maximum atomic E-state index is 11.4. The SMILES string of the molecule is COC(=O)c1cc2ncn(C)c2cc1[N+](=O)[O-]. The Labute approximate surface area is 95.8 Å². The van der Waals surface area contributed by atoms with E-state index in [1.54, 1.807) is 11.6 Å². The summed E-state index contributed by atoms with van der Waals surface area (Å²) in [5.74, 6) is -0.746. The predicted molar refractivity (Wildman–Crippen MR) is 58.7 cm³/mol. The molecule has 0 spiro atoms. The van der Waals surface area contributed by atoms with Crippen LogP contribution in [0.1, 0.15) is 10.4 Å². The van der Waals surface area contributed by atoms with Gasteiger partial charge in [-0.2, -0.15) is 0 Å². The van der Waals surface area contributed by atoms with Gasteiger partial charge >= 0.3 is 5.97 Å². The molecule has 1 aromatic carbocycles. The lowest BCUT2D eigenvalue weighted by atomic mass is 10.1. The zero-order valence-corrected chi connectivity index (χ0v) is 9.21. The average Bonchev–Trinajstić information content (AvgIpc) is 2.68. The van der Waals surface area contributed by atoms with E-state index in [1.165, 1.54) is 25.6 Å². The maximum Gasteiger partial charge on any atom is 0.344 e. The topological polar surface area (TPSA) is 87.3 Å². The molecule has 0 saturated carbocycles. The van der Waals surface area contributed by atoms with E-state index < -0.39 is 10.9 Å². The molecule has 1 heterocycles. The molecule has 0 N–H and O–H groups in total. The third-order valence-corrected chi connectivity index (χ3v) is 2.44. The van der Waals surface area contributed by atoms with Crippen molar-refractivity contribution in [2.24, 2.45) is 7.05 Å². The maximum absolute atomic E-state index is 11.4. The molecule has 0 aliphatic heterocycles. The second-order valence-corrected chi connectivity index (χ2v) is 3.46. The molecule has 0 saturated heterocycles. The van der Waals surface area contributed by atoms with E-state index in [1.807, 2.05) is 0 Å². The molecule has 0 aliphatic carbocycles. The summed E-state index contributed by atoms with van der Waals surface area (Å²) in [7, 11) is 2.89. The number of ether oxygens (including phenoxy) is 1. The Morgan fingerprint density at radius 1 is 1.53 bits per heavy atom. The second-order valence-electron chi connectivity index (χ2n) is 3.46. The van der Waals surface area contributed by atoms with Crippen molar-refractivity contribution >= 4 is 22.7 Å². The fraction of sp³-hybridized carbons (Fsp3) is 0.200. The van der Waals surface area contributed by atoms with Gasteiger partial charge in [-0.15, -0.1) is 0 Å². The van der Waals surface area contributed by atoms with Crippen LogP contribution in [0.4, 0.5) is 5.69 Å². The van der Waals surface area contributed by atoms with Gasteiger partial charge in [-0.25, -0.2) is 9.78 Å². The van der Waals surface area contributed by atoms with Gasteiger partial charge in [0.1, 0.15) is 5.56 Å². The Hall–Kier alpha value is -2.44. The summed E-state index contributed by atoms with van der Waals surface area (Å²) >= 11 is 0. The van der Waals surface area contributed by atoms with Crippen molar-refractivity contribution in [1.82, 2.24) is 9.55 Å². The predicted octanol–water partition coefficient (Wildman–Crippen LogP) is 1.27. The van der Waals surface area contributed by atoms with Gasteiger partial charge in [0.25, 0.3) is 5.69 Å². The van der Waals surface area contributed by atoms with Crippen LogP contribution in [-0.4, -0.2) is 27.6 Å². The number of esters is 1. The monoisotopic (exact) mass is 235 g/mol. The number of fused-ring (bicyclic) bond motifs is 1. The van der Waals surface area contributed by atoms with Gasteiger partial charge < -0.3 is 9.30 Å². The first-order valence-corrected chi connectivity index (χ1v) is 4.72. The van der Waals surface area contributed by atoms with Gasteiger partial charge in [-0.3, -0.25) is 10.1 Å². The van der Waals surface area contributed by atoms with Crippen molar-refractivity contribution in [3.63, 3.8) is 0 Å². The third kappa shape index (κ3) is 1.71. The Morgan fingerprint density at radius 2 is 2.24 bits per heavy atom. The lowest BCUT2D eigenvalue weighted by molar-refractivity contribution is -0.385. The van der Waals surface area contributed by atoms with Crippen LogP contribution in [0.5, 0.6) is 0 Å². The Balaban J connectivity index is 2.76. The molecule has 2 rings (SSSR count). The fourth-order valence-corrected chi connectivity index (χ4v) is 1.59. The van der Waals surface area contributed by atoms with Crippen molar-refractivity contribution in [1.29, 1.82) is 0 Å². The summed E-state index contributed by atoms with van der Waals surface area (Å²) in [6.07, 6.45) is 1.52. The highest BCUT2D eigenvalue weighted by atomic mass is 16.6. The van der Waals surface area contributed by atoms with E-state index in [4.69, 9.17) is 0 Å². The normalized spacial score (nSPS) is 10.5. The van der Waals surface area contributed by atoms with Crippen LogP contribution >= 0.6 is 0 Å². The highest BCUT2D eigenvalue weighted by Crippen LogP contribution is 2.25. The molecule has 0 fully saturated rings. The molecule has 0 aliphatic rings. The van der Waals surface area contributed by atoms with Gasteiger partial charge in [0.15, 0.2) is 0 Å². The van der Waals surface area contributed by atoms with Gasteiger partial charge in [-0.1, -0.05) is 0 Å².